The molecule has 1 aromatic heterocycles. The molecule has 0 radical (unpaired) electrons. The van der Waals surface area contributed by atoms with E-state index in [9.17, 15) is 0 Å². The number of ether oxygens (including phenoxy) is 1. The van der Waals surface area contributed by atoms with Crippen LogP contribution in [-0.2, 0) is 0 Å². The molecule has 0 spiro atoms. The number of hydrogen-bond acceptors (Lipinski definition) is 5. The lowest BCUT2D eigenvalue weighted by atomic mass is 10.1. The van der Waals surface area contributed by atoms with Crippen molar-refractivity contribution in [3.05, 3.63) is 59.8 Å². The van der Waals surface area contributed by atoms with E-state index < -0.39 is 0 Å². The molecule has 3 rings (SSSR count). The Balaban J connectivity index is 0.00000182. The average Bonchev–Trinajstić information content (AvgIpc) is 3.11. The fourth-order valence-corrected chi connectivity index (χ4v) is 2.37. The number of hydrogen-bond donors (Lipinski definition) is 4. The van der Waals surface area contributed by atoms with Gasteiger partial charge in [-0.3, -0.25) is 10.8 Å². The Bertz CT molecular complexity index is 954. The fourth-order valence-electron chi connectivity index (χ4n) is 2.37. The Hall–Kier alpha value is -3.10. The lowest BCUT2D eigenvalue weighted by Crippen LogP contribution is -2.12. The summed E-state index contributed by atoms with van der Waals surface area (Å²) in [4.78, 5) is 0. The maximum Gasteiger partial charge on any atom is 0.144 e. The van der Waals surface area contributed by atoms with Gasteiger partial charge in [0.15, 0.2) is 0 Å². The summed E-state index contributed by atoms with van der Waals surface area (Å²) in [5, 5.41) is 23.3. The second-order valence-electron chi connectivity index (χ2n) is 5.34. The van der Waals surface area contributed by atoms with E-state index in [-0.39, 0.29) is 36.5 Å². The highest BCUT2D eigenvalue weighted by atomic mass is 35.5. The summed E-state index contributed by atoms with van der Waals surface area (Å²) in [6.07, 6.45) is 1.75. The lowest BCUT2D eigenvalue weighted by molar-refractivity contribution is 0.411. The monoisotopic (exact) mass is 407 g/mol. The summed E-state index contributed by atoms with van der Waals surface area (Å²) in [5.74, 6) is 0.568. The molecule has 0 bridgehead atoms. The molecule has 0 saturated heterocycles. The fraction of sp³-hybridized carbons (Fsp3) is 0.0588. The van der Waals surface area contributed by atoms with Crippen LogP contribution in [-0.4, -0.2) is 33.8 Å². The van der Waals surface area contributed by atoms with Crippen LogP contribution < -0.4 is 16.2 Å². The lowest BCUT2D eigenvalue weighted by Gasteiger charge is -2.09. The second-order valence-corrected chi connectivity index (χ2v) is 5.34. The summed E-state index contributed by atoms with van der Waals surface area (Å²) in [6, 6.07) is 12.3. The Labute approximate surface area is 168 Å². The van der Waals surface area contributed by atoms with Crippen molar-refractivity contribution in [3.8, 4) is 22.7 Å². The van der Waals surface area contributed by atoms with Crippen molar-refractivity contribution in [1.82, 2.24) is 15.0 Å². The van der Waals surface area contributed by atoms with E-state index in [2.05, 4.69) is 10.3 Å². The summed E-state index contributed by atoms with van der Waals surface area (Å²) in [5.41, 5.74) is 14.4. The smallest absolute Gasteiger partial charge is 0.144 e. The van der Waals surface area contributed by atoms with Crippen LogP contribution in [0.3, 0.4) is 0 Å². The number of halogens is 2. The summed E-state index contributed by atoms with van der Waals surface area (Å²) < 4.78 is 6.92. The second kappa shape index (κ2) is 9.02. The number of rotatable bonds is 5. The summed E-state index contributed by atoms with van der Waals surface area (Å²) >= 11 is 0. The predicted octanol–water partition coefficient (Wildman–Crippen LogP) is 2.35. The van der Waals surface area contributed by atoms with Gasteiger partial charge in [-0.2, -0.15) is 0 Å². The number of aromatic nitrogens is 3. The molecule has 10 heteroatoms. The van der Waals surface area contributed by atoms with Gasteiger partial charge in [-0.1, -0.05) is 29.5 Å². The topological polar surface area (TPSA) is 140 Å². The maximum atomic E-state index is 7.58. The van der Waals surface area contributed by atoms with Crippen LogP contribution in [0.15, 0.2) is 48.7 Å². The van der Waals surface area contributed by atoms with Crippen LogP contribution >= 0.6 is 24.8 Å². The molecule has 0 aliphatic rings. The zero-order valence-electron chi connectivity index (χ0n) is 14.3. The number of amidine groups is 2. The molecular formula is C17H19Cl2N7O. The first-order chi connectivity index (χ1) is 12.0. The molecule has 0 atom stereocenters. The van der Waals surface area contributed by atoms with Gasteiger partial charge in [-0.25, -0.2) is 4.68 Å². The third-order valence-electron chi connectivity index (χ3n) is 3.72. The molecule has 0 saturated carbocycles. The summed E-state index contributed by atoms with van der Waals surface area (Å²) in [7, 11) is 1.56. The van der Waals surface area contributed by atoms with Crippen LogP contribution in [0.1, 0.15) is 11.1 Å². The van der Waals surface area contributed by atoms with Crippen molar-refractivity contribution in [3.63, 3.8) is 0 Å². The number of nitrogen functional groups attached to an aromatic ring is 2. The molecule has 27 heavy (non-hydrogen) atoms. The van der Waals surface area contributed by atoms with E-state index in [0.717, 1.165) is 5.56 Å². The first-order valence-corrected chi connectivity index (χ1v) is 7.39. The van der Waals surface area contributed by atoms with Gasteiger partial charge in [0, 0.05) is 16.7 Å². The third-order valence-corrected chi connectivity index (χ3v) is 3.72. The Kier molecular flexibility index (Phi) is 7.33. The van der Waals surface area contributed by atoms with Gasteiger partial charge in [-0.15, -0.1) is 29.9 Å². The van der Waals surface area contributed by atoms with Crippen LogP contribution in [0.25, 0.3) is 16.9 Å². The van der Waals surface area contributed by atoms with Crippen molar-refractivity contribution < 1.29 is 4.74 Å². The average molecular weight is 408 g/mol. The standard InChI is InChI=1S/C17H17N7O.2ClH/c1-25-15-7-6-12(17(20)21)8-14(15)24-9-13(22-23-24)10-2-4-11(5-3-10)16(18)19;;/h2-9H,1H3,(H3,18,19)(H3,20,21);2*1H. The molecule has 3 aromatic rings. The van der Waals surface area contributed by atoms with Crippen molar-refractivity contribution in [2.24, 2.45) is 11.5 Å². The van der Waals surface area contributed by atoms with Crippen LogP contribution in [0.4, 0.5) is 0 Å². The molecule has 6 N–H and O–H groups in total. The van der Waals surface area contributed by atoms with Gasteiger partial charge >= 0.3 is 0 Å². The number of nitrogens with two attached hydrogens (primary N) is 2. The minimum absolute atomic E-state index is 0. The predicted molar refractivity (Wildman–Crippen MR) is 110 cm³/mol. The minimum atomic E-state index is -0.0379. The van der Waals surface area contributed by atoms with Gasteiger partial charge in [-0.05, 0) is 18.2 Å². The Morgan fingerprint density at radius 3 is 2.11 bits per heavy atom. The van der Waals surface area contributed by atoms with E-state index in [1.165, 1.54) is 0 Å². The van der Waals surface area contributed by atoms with Gasteiger partial charge in [0.1, 0.15) is 28.8 Å². The number of nitrogens with zero attached hydrogens (tertiary/aromatic N) is 3. The first-order valence-electron chi connectivity index (χ1n) is 7.39. The number of methoxy groups -OCH3 is 1. The highest BCUT2D eigenvalue weighted by Gasteiger charge is 2.12. The van der Waals surface area contributed by atoms with E-state index >= 15 is 0 Å². The molecule has 0 unspecified atom stereocenters. The van der Waals surface area contributed by atoms with Gasteiger partial charge in [0.2, 0.25) is 0 Å². The molecule has 0 fully saturated rings. The van der Waals surface area contributed by atoms with Crippen LogP contribution in [0.2, 0.25) is 0 Å². The van der Waals surface area contributed by atoms with Gasteiger partial charge in [0.05, 0.1) is 13.3 Å². The number of benzene rings is 2. The van der Waals surface area contributed by atoms with Crippen molar-refractivity contribution >= 4 is 36.5 Å². The van der Waals surface area contributed by atoms with E-state index in [0.29, 0.717) is 28.3 Å². The Morgan fingerprint density at radius 2 is 1.56 bits per heavy atom. The van der Waals surface area contributed by atoms with E-state index in [1.807, 2.05) is 12.1 Å². The van der Waals surface area contributed by atoms with Crippen molar-refractivity contribution in [2.45, 2.75) is 0 Å². The zero-order chi connectivity index (χ0) is 18.0. The minimum Gasteiger partial charge on any atom is -0.494 e. The first kappa shape index (κ1) is 21.9. The molecule has 0 amide bonds. The van der Waals surface area contributed by atoms with E-state index in [4.69, 9.17) is 27.0 Å². The highest BCUT2D eigenvalue weighted by Crippen LogP contribution is 2.25. The van der Waals surface area contributed by atoms with Crippen molar-refractivity contribution in [2.75, 3.05) is 7.11 Å². The molecule has 0 aliphatic carbocycles. The quantitative estimate of drug-likeness (QED) is 0.379. The molecular weight excluding hydrogens is 389 g/mol. The third kappa shape index (κ3) is 4.55. The van der Waals surface area contributed by atoms with Crippen LogP contribution in [0, 0.1) is 10.8 Å². The number of nitrogens with one attached hydrogen (secondary N) is 2. The molecule has 142 valence electrons. The van der Waals surface area contributed by atoms with Crippen molar-refractivity contribution in [1.29, 1.82) is 10.8 Å². The molecule has 8 nitrogen and oxygen atoms in total. The Morgan fingerprint density at radius 1 is 0.963 bits per heavy atom. The molecule has 2 aromatic carbocycles. The molecule has 0 aliphatic heterocycles. The summed E-state index contributed by atoms with van der Waals surface area (Å²) in [6.45, 7) is 0. The van der Waals surface area contributed by atoms with Gasteiger partial charge < -0.3 is 16.2 Å². The SMILES string of the molecule is COc1ccc(C(=N)N)cc1-n1cc(-c2ccc(C(=N)N)cc2)nn1.Cl.Cl. The highest BCUT2D eigenvalue weighted by molar-refractivity contribution is 5.96. The van der Waals surface area contributed by atoms with Gasteiger partial charge in [0.25, 0.3) is 0 Å². The molecule has 1 heterocycles. The van der Waals surface area contributed by atoms with Crippen LogP contribution in [0.5, 0.6) is 5.75 Å². The maximum absolute atomic E-state index is 7.58. The largest absolute Gasteiger partial charge is 0.494 e. The zero-order valence-corrected chi connectivity index (χ0v) is 16.0. The normalized spacial score (nSPS) is 9.67. The van der Waals surface area contributed by atoms with E-state index in [1.54, 1.807) is 48.3 Å².